The first-order chi connectivity index (χ1) is 6.17. The van der Waals surface area contributed by atoms with Crippen molar-refractivity contribution in [1.29, 1.82) is 0 Å². The average molecular weight is 188 g/mol. The molecule has 0 aliphatic rings. The maximum Gasteiger partial charge on any atom is 0.320 e. The zero-order chi connectivity index (χ0) is 10.3. The molecule has 0 heterocycles. The van der Waals surface area contributed by atoms with Crippen LogP contribution in [0.2, 0.25) is 0 Å². The van der Waals surface area contributed by atoms with Crippen LogP contribution in [0, 0.1) is 0 Å². The number of hydrogen-bond acceptors (Lipinski definition) is 3. The molecule has 4 nitrogen and oxygen atoms in total. The van der Waals surface area contributed by atoms with Crippen LogP contribution >= 0.6 is 0 Å². The molecule has 0 aromatic carbocycles. The van der Waals surface area contributed by atoms with Gasteiger partial charge in [-0.05, 0) is 32.5 Å². The number of nitrogens with two attached hydrogens (primary N) is 1. The van der Waals surface area contributed by atoms with Crippen molar-refractivity contribution in [2.24, 2.45) is 5.73 Å². The number of nitrogens with zero attached hydrogens (tertiary/aromatic N) is 1. The van der Waals surface area contributed by atoms with Crippen LogP contribution in [0.3, 0.4) is 0 Å². The zero-order valence-electron chi connectivity index (χ0n) is 8.49. The van der Waals surface area contributed by atoms with Crippen molar-refractivity contribution in [2.75, 3.05) is 19.6 Å². The van der Waals surface area contributed by atoms with E-state index in [0.717, 1.165) is 19.5 Å². The zero-order valence-corrected chi connectivity index (χ0v) is 8.49. The second-order valence-electron chi connectivity index (χ2n) is 3.06. The second kappa shape index (κ2) is 6.86. The number of aliphatic carboxylic acids is 1. The smallest absolute Gasteiger partial charge is 0.320 e. The third kappa shape index (κ3) is 4.24. The molecule has 0 spiro atoms. The van der Waals surface area contributed by atoms with Crippen LogP contribution < -0.4 is 5.73 Å². The van der Waals surface area contributed by atoms with Crippen molar-refractivity contribution in [2.45, 2.75) is 32.7 Å². The molecule has 0 aliphatic heterocycles. The molecule has 3 N–H and O–H groups in total. The molecule has 0 bridgehead atoms. The normalized spacial score (nSPS) is 13.2. The molecule has 0 radical (unpaired) electrons. The summed E-state index contributed by atoms with van der Waals surface area (Å²) < 4.78 is 0. The fourth-order valence-electron chi connectivity index (χ4n) is 1.44. The Balaban J connectivity index is 4.20. The summed E-state index contributed by atoms with van der Waals surface area (Å²) in [6, 6.07) is -0.407. The largest absolute Gasteiger partial charge is 0.480 e. The van der Waals surface area contributed by atoms with E-state index in [4.69, 9.17) is 10.8 Å². The van der Waals surface area contributed by atoms with Crippen molar-refractivity contribution in [3.63, 3.8) is 0 Å². The van der Waals surface area contributed by atoms with Crippen LogP contribution in [-0.4, -0.2) is 41.7 Å². The summed E-state index contributed by atoms with van der Waals surface area (Å²) in [4.78, 5) is 12.8. The van der Waals surface area contributed by atoms with E-state index in [9.17, 15) is 4.79 Å². The van der Waals surface area contributed by atoms with Crippen LogP contribution in [0.25, 0.3) is 0 Å². The van der Waals surface area contributed by atoms with Gasteiger partial charge in [0.15, 0.2) is 0 Å². The minimum atomic E-state index is -0.763. The van der Waals surface area contributed by atoms with Crippen LogP contribution in [0.4, 0.5) is 0 Å². The standard InChI is InChI=1S/C9H20N2O2/c1-3-7-11(4-2)8(5-6-10)9(12)13/h8H,3-7,10H2,1-2H3,(H,12,13). The van der Waals surface area contributed by atoms with Crippen molar-refractivity contribution >= 4 is 5.97 Å². The molecular formula is C9H20N2O2. The van der Waals surface area contributed by atoms with Crippen molar-refractivity contribution < 1.29 is 9.90 Å². The fraction of sp³-hybridized carbons (Fsp3) is 0.889. The van der Waals surface area contributed by atoms with Crippen molar-refractivity contribution in [3.05, 3.63) is 0 Å². The molecule has 0 saturated carbocycles. The van der Waals surface area contributed by atoms with E-state index >= 15 is 0 Å². The molecule has 78 valence electrons. The predicted octanol–water partition coefficient (Wildman–Crippen LogP) is 0.520. The molecule has 0 fully saturated rings. The van der Waals surface area contributed by atoms with Gasteiger partial charge in [0.1, 0.15) is 6.04 Å². The maximum absolute atomic E-state index is 10.9. The quantitative estimate of drug-likeness (QED) is 0.611. The minimum Gasteiger partial charge on any atom is -0.480 e. The summed E-state index contributed by atoms with van der Waals surface area (Å²) in [6.07, 6.45) is 1.51. The third-order valence-corrected chi connectivity index (χ3v) is 2.08. The van der Waals surface area contributed by atoms with E-state index in [1.54, 1.807) is 0 Å². The number of carbonyl (C=O) groups is 1. The molecule has 0 aliphatic carbocycles. The summed E-state index contributed by atoms with van der Waals surface area (Å²) in [5.41, 5.74) is 5.37. The molecule has 1 unspecified atom stereocenters. The molecular weight excluding hydrogens is 168 g/mol. The van der Waals surface area contributed by atoms with Gasteiger partial charge in [-0.2, -0.15) is 0 Å². The van der Waals surface area contributed by atoms with Gasteiger partial charge >= 0.3 is 5.97 Å². The van der Waals surface area contributed by atoms with Crippen LogP contribution in [0.1, 0.15) is 26.7 Å². The second-order valence-corrected chi connectivity index (χ2v) is 3.06. The van der Waals surface area contributed by atoms with E-state index in [1.165, 1.54) is 0 Å². The lowest BCUT2D eigenvalue weighted by Gasteiger charge is -2.26. The Morgan fingerprint density at radius 2 is 2.15 bits per heavy atom. The lowest BCUT2D eigenvalue weighted by molar-refractivity contribution is -0.143. The summed E-state index contributed by atoms with van der Waals surface area (Å²) in [7, 11) is 0. The van der Waals surface area contributed by atoms with E-state index < -0.39 is 12.0 Å². The lowest BCUT2D eigenvalue weighted by Crippen LogP contribution is -2.42. The highest BCUT2D eigenvalue weighted by Gasteiger charge is 2.22. The van der Waals surface area contributed by atoms with E-state index in [0.29, 0.717) is 13.0 Å². The molecule has 0 aromatic heterocycles. The molecule has 4 heteroatoms. The molecule has 0 aromatic rings. The van der Waals surface area contributed by atoms with Gasteiger partial charge in [0.2, 0.25) is 0 Å². The Bertz CT molecular complexity index is 151. The first-order valence-corrected chi connectivity index (χ1v) is 4.84. The van der Waals surface area contributed by atoms with Gasteiger partial charge in [0, 0.05) is 0 Å². The van der Waals surface area contributed by atoms with Gasteiger partial charge in [-0.1, -0.05) is 13.8 Å². The SMILES string of the molecule is CCCN(CC)C(CCN)C(=O)O. The monoisotopic (exact) mass is 188 g/mol. The highest BCUT2D eigenvalue weighted by atomic mass is 16.4. The Hall–Kier alpha value is -0.610. The number of hydrogen-bond donors (Lipinski definition) is 2. The van der Waals surface area contributed by atoms with E-state index in [-0.39, 0.29) is 0 Å². The van der Waals surface area contributed by atoms with Gasteiger partial charge in [-0.25, -0.2) is 0 Å². The fourth-order valence-corrected chi connectivity index (χ4v) is 1.44. The Labute approximate surface area is 79.7 Å². The number of likely N-dealkylation sites (N-methyl/N-ethyl adjacent to an activating group) is 1. The predicted molar refractivity (Wildman–Crippen MR) is 52.6 cm³/mol. The summed E-state index contributed by atoms with van der Waals surface area (Å²) >= 11 is 0. The maximum atomic E-state index is 10.9. The van der Waals surface area contributed by atoms with Gasteiger partial charge in [0.25, 0.3) is 0 Å². The van der Waals surface area contributed by atoms with E-state index in [1.807, 2.05) is 18.7 Å². The van der Waals surface area contributed by atoms with Gasteiger partial charge in [-0.3, -0.25) is 9.69 Å². The Morgan fingerprint density at radius 1 is 1.54 bits per heavy atom. The Morgan fingerprint density at radius 3 is 2.46 bits per heavy atom. The highest BCUT2D eigenvalue weighted by Crippen LogP contribution is 2.04. The summed E-state index contributed by atoms with van der Waals surface area (Å²) in [5, 5.41) is 8.94. The lowest BCUT2D eigenvalue weighted by atomic mass is 10.1. The van der Waals surface area contributed by atoms with Crippen LogP contribution in [0.15, 0.2) is 0 Å². The minimum absolute atomic E-state index is 0.407. The summed E-state index contributed by atoms with van der Waals surface area (Å²) in [5.74, 6) is -0.763. The topological polar surface area (TPSA) is 66.6 Å². The molecule has 0 saturated heterocycles. The molecule has 1 atom stereocenters. The number of carboxylic acids is 1. The van der Waals surface area contributed by atoms with Gasteiger partial charge < -0.3 is 10.8 Å². The summed E-state index contributed by atoms with van der Waals surface area (Å²) in [6.45, 7) is 6.04. The van der Waals surface area contributed by atoms with Crippen LogP contribution in [-0.2, 0) is 4.79 Å². The van der Waals surface area contributed by atoms with Crippen molar-refractivity contribution in [3.8, 4) is 0 Å². The number of carboxylic acid groups (broad SMARTS) is 1. The van der Waals surface area contributed by atoms with Gasteiger partial charge in [0.05, 0.1) is 0 Å². The number of rotatable bonds is 7. The highest BCUT2D eigenvalue weighted by molar-refractivity contribution is 5.73. The average Bonchev–Trinajstić information content (AvgIpc) is 2.10. The third-order valence-electron chi connectivity index (χ3n) is 2.08. The van der Waals surface area contributed by atoms with Crippen molar-refractivity contribution in [1.82, 2.24) is 4.90 Å². The Kier molecular flexibility index (Phi) is 6.54. The first-order valence-electron chi connectivity index (χ1n) is 4.84. The first kappa shape index (κ1) is 12.4. The van der Waals surface area contributed by atoms with E-state index in [2.05, 4.69) is 0 Å². The molecule has 13 heavy (non-hydrogen) atoms. The molecule has 0 rings (SSSR count). The van der Waals surface area contributed by atoms with Gasteiger partial charge in [-0.15, -0.1) is 0 Å². The molecule has 0 amide bonds. The van der Waals surface area contributed by atoms with Crippen LogP contribution in [0.5, 0.6) is 0 Å².